The molecule has 3 fully saturated rings. The van der Waals surface area contributed by atoms with Crippen molar-refractivity contribution in [1.29, 1.82) is 0 Å². The van der Waals surface area contributed by atoms with Crippen LogP contribution in [0.2, 0.25) is 0 Å². The average molecular weight is 421 g/mol. The number of fused-ring (bicyclic) bond motifs is 5. The zero-order chi connectivity index (χ0) is 21.0. The number of esters is 1. The number of halogens is 1. The lowest BCUT2D eigenvalue weighted by Crippen LogP contribution is -2.54. The fourth-order valence-electron chi connectivity index (χ4n) is 8.59. The van der Waals surface area contributed by atoms with Gasteiger partial charge >= 0.3 is 5.97 Å². The molecule has 0 aliphatic heterocycles. The minimum atomic E-state index is -0.177. The summed E-state index contributed by atoms with van der Waals surface area (Å²) in [5.74, 6) is 3.92. The number of carbonyl (C=O) groups excluding carboxylic acids is 1. The Morgan fingerprint density at radius 1 is 1.28 bits per heavy atom. The van der Waals surface area contributed by atoms with Gasteiger partial charge in [0, 0.05) is 30.6 Å². The SMILES string of the molecule is CCC[C@@H](C)[C@H]1CC[C@H]2[C@@H]3CC=C4C[C@@H](OC(C)=O)CC(Cl)[C@]4(C)[C@H]3CC[C@]12C. The van der Waals surface area contributed by atoms with Crippen molar-refractivity contribution in [2.45, 2.75) is 104 Å². The van der Waals surface area contributed by atoms with Crippen molar-refractivity contribution >= 4 is 17.6 Å². The minimum absolute atomic E-state index is 0.0366. The summed E-state index contributed by atoms with van der Waals surface area (Å²) in [7, 11) is 0. The van der Waals surface area contributed by atoms with Gasteiger partial charge in [0.1, 0.15) is 6.10 Å². The molecular formula is C26H41ClO2. The topological polar surface area (TPSA) is 26.3 Å². The Bertz CT molecular complexity index is 672. The van der Waals surface area contributed by atoms with Crippen molar-refractivity contribution in [2.24, 2.45) is 40.4 Å². The van der Waals surface area contributed by atoms with Crippen molar-refractivity contribution in [1.82, 2.24) is 0 Å². The molecule has 0 aromatic rings. The fourth-order valence-corrected chi connectivity index (χ4v) is 9.10. The zero-order valence-corrected chi connectivity index (χ0v) is 19.9. The molecule has 2 nitrogen and oxygen atoms in total. The minimum Gasteiger partial charge on any atom is -0.462 e. The first-order valence-corrected chi connectivity index (χ1v) is 12.7. The first kappa shape index (κ1) is 21.7. The molecule has 3 heteroatoms. The van der Waals surface area contributed by atoms with Crippen LogP contribution >= 0.6 is 11.6 Å². The fraction of sp³-hybridized carbons (Fsp3) is 0.885. The Balaban J connectivity index is 1.58. The smallest absolute Gasteiger partial charge is 0.302 e. The van der Waals surface area contributed by atoms with E-state index in [0.29, 0.717) is 11.3 Å². The summed E-state index contributed by atoms with van der Waals surface area (Å²) in [4.78, 5) is 11.5. The summed E-state index contributed by atoms with van der Waals surface area (Å²) in [5, 5.41) is 0.0696. The highest BCUT2D eigenvalue weighted by atomic mass is 35.5. The van der Waals surface area contributed by atoms with Crippen LogP contribution in [0, 0.1) is 40.4 Å². The quantitative estimate of drug-likeness (QED) is 0.274. The molecule has 0 saturated heterocycles. The highest BCUT2D eigenvalue weighted by molar-refractivity contribution is 6.21. The molecule has 0 N–H and O–H groups in total. The van der Waals surface area contributed by atoms with Crippen LogP contribution in [0.1, 0.15) is 92.4 Å². The lowest BCUT2D eigenvalue weighted by atomic mass is 9.46. The predicted octanol–water partition coefficient (Wildman–Crippen LogP) is 7.15. The lowest BCUT2D eigenvalue weighted by Gasteiger charge is -2.59. The van der Waals surface area contributed by atoms with Gasteiger partial charge in [-0.25, -0.2) is 0 Å². The summed E-state index contributed by atoms with van der Waals surface area (Å²) in [6.45, 7) is 11.4. The second-order valence-corrected chi connectivity index (χ2v) is 11.8. The molecule has 0 aromatic carbocycles. The maximum absolute atomic E-state index is 11.5. The van der Waals surface area contributed by atoms with Gasteiger partial charge in [0.25, 0.3) is 0 Å². The third-order valence-electron chi connectivity index (χ3n) is 9.94. The van der Waals surface area contributed by atoms with Gasteiger partial charge in [-0.1, -0.05) is 52.2 Å². The third-order valence-corrected chi connectivity index (χ3v) is 10.6. The Labute approximate surface area is 183 Å². The van der Waals surface area contributed by atoms with E-state index in [2.05, 4.69) is 33.8 Å². The molecule has 0 radical (unpaired) electrons. The second-order valence-electron chi connectivity index (χ2n) is 11.3. The standard InChI is InChI=1S/C26H41ClO2/c1-6-7-16(2)21-10-11-22-20-9-8-18-14-19(29-17(3)28)15-24(27)26(18,5)23(20)12-13-25(21,22)4/h8,16,19-24H,6-7,9-15H2,1-5H3/t16-,19-,20+,21-,22+,23+,24?,25-,26+/m1/s1. The molecule has 4 aliphatic carbocycles. The van der Waals surface area contributed by atoms with Gasteiger partial charge in [-0.2, -0.15) is 0 Å². The van der Waals surface area contributed by atoms with Crippen LogP contribution in [0.4, 0.5) is 0 Å². The summed E-state index contributed by atoms with van der Waals surface area (Å²) >= 11 is 7.10. The Hall–Kier alpha value is -0.500. The van der Waals surface area contributed by atoms with Gasteiger partial charge in [0.15, 0.2) is 0 Å². The van der Waals surface area contributed by atoms with E-state index in [4.69, 9.17) is 16.3 Å². The normalized spacial score (nSPS) is 47.4. The van der Waals surface area contributed by atoms with Crippen molar-refractivity contribution in [3.05, 3.63) is 11.6 Å². The lowest BCUT2D eigenvalue weighted by molar-refractivity contribution is -0.148. The van der Waals surface area contributed by atoms with E-state index in [1.165, 1.54) is 57.4 Å². The van der Waals surface area contributed by atoms with E-state index in [9.17, 15) is 4.79 Å². The molecule has 0 amide bonds. The molecule has 164 valence electrons. The van der Waals surface area contributed by atoms with Crippen LogP contribution in [0.5, 0.6) is 0 Å². The van der Waals surface area contributed by atoms with E-state index in [1.807, 2.05) is 0 Å². The number of rotatable bonds is 4. The molecule has 4 aliphatic rings. The number of ether oxygens (including phenoxy) is 1. The highest BCUT2D eigenvalue weighted by Gasteiger charge is 2.61. The summed E-state index contributed by atoms with van der Waals surface area (Å²) in [5.41, 5.74) is 2.08. The van der Waals surface area contributed by atoms with E-state index < -0.39 is 0 Å². The van der Waals surface area contributed by atoms with Crippen molar-refractivity contribution in [2.75, 3.05) is 0 Å². The molecule has 3 saturated carbocycles. The number of hydrogen-bond acceptors (Lipinski definition) is 2. The molecule has 0 spiro atoms. The van der Waals surface area contributed by atoms with Gasteiger partial charge in [0.05, 0.1) is 0 Å². The molecule has 4 rings (SSSR count). The van der Waals surface area contributed by atoms with E-state index in [-0.39, 0.29) is 22.9 Å². The first-order chi connectivity index (χ1) is 13.7. The molecule has 0 aromatic heterocycles. The van der Waals surface area contributed by atoms with Crippen LogP contribution in [-0.4, -0.2) is 17.5 Å². The molecule has 0 heterocycles. The molecule has 9 atom stereocenters. The van der Waals surface area contributed by atoms with Gasteiger partial charge in [-0.05, 0) is 67.1 Å². The van der Waals surface area contributed by atoms with Gasteiger partial charge in [-0.3, -0.25) is 4.79 Å². The Morgan fingerprint density at radius 2 is 2.03 bits per heavy atom. The van der Waals surface area contributed by atoms with Gasteiger partial charge < -0.3 is 4.74 Å². The summed E-state index contributed by atoms with van der Waals surface area (Å²) in [6, 6.07) is 0. The maximum atomic E-state index is 11.5. The third kappa shape index (κ3) is 3.40. The summed E-state index contributed by atoms with van der Waals surface area (Å²) in [6.07, 6.45) is 13.6. The Morgan fingerprint density at radius 3 is 2.72 bits per heavy atom. The monoisotopic (exact) mass is 420 g/mol. The predicted molar refractivity (Wildman–Crippen MR) is 120 cm³/mol. The van der Waals surface area contributed by atoms with Crippen LogP contribution < -0.4 is 0 Å². The van der Waals surface area contributed by atoms with Crippen molar-refractivity contribution < 1.29 is 9.53 Å². The molecule has 29 heavy (non-hydrogen) atoms. The van der Waals surface area contributed by atoms with E-state index >= 15 is 0 Å². The zero-order valence-electron chi connectivity index (χ0n) is 19.2. The van der Waals surface area contributed by atoms with Crippen LogP contribution in [0.3, 0.4) is 0 Å². The largest absolute Gasteiger partial charge is 0.462 e. The van der Waals surface area contributed by atoms with Gasteiger partial charge in [0.2, 0.25) is 0 Å². The summed E-state index contributed by atoms with van der Waals surface area (Å²) < 4.78 is 5.58. The molecule has 1 unspecified atom stereocenters. The maximum Gasteiger partial charge on any atom is 0.302 e. The van der Waals surface area contributed by atoms with Crippen molar-refractivity contribution in [3.63, 3.8) is 0 Å². The Kier molecular flexibility index (Phi) is 5.90. The molecular weight excluding hydrogens is 380 g/mol. The molecule has 0 bridgehead atoms. The number of alkyl halides is 1. The number of allylic oxidation sites excluding steroid dienone is 1. The first-order valence-electron chi connectivity index (χ1n) is 12.2. The highest BCUT2D eigenvalue weighted by Crippen LogP contribution is 2.67. The van der Waals surface area contributed by atoms with Crippen LogP contribution in [0.25, 0.3) is 0 Å². The van der Waals surface area contributed by atoms with Crippen LogP contribution in [-0.2, 0) is 9.53 Å². The van der Waals surface area contributed by atoms with E-state index in [0.717, 1.165) is 36.5 Å². The van der Waals surface area contributed by atoms with Gasteiger partial charge in [-0.15, -0.1) is 11.6 Å². The van der Waals surface area contributed by atoms with Crippen LogP contribution in [0.15, 0.2) is 11.6 Å². The second kappa shape index (κ2) is 7.88. The van der Waals surface area contributed by atoms with Crippen molar-refractivity contribution in [3.8, 4) is 0 Å². The average Bonchev–Trinajstić information content (AvgIpc) is 3.00. The van der Waals surface area contributed by atoms with E-state index in [1.54, 1.807) is 0 Å². The number of carbonyl (C=O) groups is 1. The number of hydrogen-bond donors (Lipinski definition) is 0.